The van der Waals surface area contributed by atoms with Gasteiger partial charge < -0.3 is 5.32 Å². The van der Waals surface area contributed by atoms with Crippen molar-refractivity contribution in [1.29, 1.82) is 0 Å². The molecular weight excluding hydrogens is 512 g/mol. The van der Waals surface area contributed by atoms with Crippen LogP contribution in [0.15, 0.2) is 109 Å². The fourth-order valence-electron chi connectivity index (χ4n) is 7.13. The molecule has 0 bridgehead atoms. The topological polar surface area (TPSA) is 42.7 Å². The van der Waals surface area contributed by atoms with Crippen LogP contribution in [0.3, 0.4) is 0 Å². The summed E-state index contributed by atoms with van der Waals surface area (Å²) in [7, 11) is 0. The number of rotatable bonds is 2. The van der Waals surface area contributed by atoms with E-state index in [0.29, 0.717) is 0 Å². The summed E-state index contributed by atoms with van der Waals surface area (Å²) in [6, 6.07) is 37.1. The van der Waals surface area contributed by atoms with Gasteiger partial charge in [-0.25, -0.2) is 9.97 Å². The van der Waals surface area contributed by atoms with Gasteiger partial charge in [-0.2, -0.15) is 0 Å². The molecular formula is C38H28N4. The van der Waals surface area contributed by atoms with Crippen LogP contribution in [0.4, 0.5) is 5.69 Å². The van der Waals surface area contributed by atoms with Crippen molar-refractivity contribution in [3.8, 4) is 28.3 Å². The Hall–Kier alpha value is -5.22. The summed E-state index contributed by atoms with van der Waals surface area (Å²) in [4.78, 5) is 10.9. The molecule has 2 aromatic heterocycles. The summed E-state index contributed by atoms with van der Waals surface area (Å²) in [5, 5.41) is 8.50. The van der Waals surface area contributed by atoms with E-state index in [2.05, 4.69) is 139 Å². The van der Waals surface area contributed by atoms with Crippen LogP contribution in [-0.2, 0) is 5.41 Å². The third-order valence-electron chi connectivity index (χ3n) is 9.14. The molecule has 4 nitrogen and oxygen atoms in total. The number of aromatic nitrogens is 3. The van der Waals surface area contributed by atoms with Crippen LogP contribution < -0.4 is 5.32 Å². The van der Waals surface area contributed by atoms with Gasteiger partial charge in [0.05, 0.1) is 22.4 Å². The van der Waals surface area contributed by atoms with E-state index in [1.54, 1.807) is 0 Å². The van der Waals surface area contributed by atoms with Crippen molar-refractivity contribution >= 4 is 44.3 Å². The zero-order valence-electron chi connectivity index (χ0n) is 23.5. The Morgan fingerprint density at radius 2 is 1.48 bits per heavy atom. The Bertz CT molecular complexity index is 2290. The highest BCUT2D eigenvalue weighted by molar-refractivity contribution is 6.14. The van der Waals surface area contributed by atoms with Gasteiger partial charge in [-0.1, -0.05) is 105 Å². The largest absolute Gasteiger partial charge is 0.380 e. The lowest BCUT2D eigenvalue weighted by atomic mass is 9.85. The molecule has 3 heterocycles. The van der Waals surface area contributed by atoms with Gasteiger partial charge in [0.25, 0.3) is 0 Å². The normalized spacial score (nSPS) is 14.6. The van der Waals surface area contributed by atoms with Crippen molar-refractivity contribution in [2.75, 3.05) is 11.9 Å². The highest BCUT2D eigenvalue weighted by Gasteiger charge is 2.40. The van der Waals surface area contributed by atoms with E-state index in [4.69, 9.17) is 9.97 Å². The molecule has 0 saturated carbocycles. The molecule has 0 amide bonds. The summed E-state index contributed by atoms with van der Waals surface area (Å²) >= 11 is 0. The number of nitrogens with one attached hydrogen (secondary N) is 1. The first-order valence-electron chi connectivity index (χ1n) is 14.6. The predicted molar refractivity (Wildman–Crippen MR) is 174 cm³/mol. The second kappa shape index (κ2) is 8.40. The quantitative estimate of drug-likeness (QED) is 0.238. The van der Waals surface area contributed by atoms with E-state index in [9.17, 15) is 0 Å². The molecule has 5 aromatic carbocycles. The van der Waals surface area contributed by atoms with Gasteiger partial charge in [0.15, 0.2) is 5.82 Å². The summed E-state index contributed by atoms with van der Waals surface area (Å²) < 4.78 is 2.38. The van der Waals surface area contributed by atoms with Gasteiger partial charge in [-0.15, -0.1) is 0 Å². The van der Waals surface area contributed by atoms with Crippen LogP contribution in [0.2, 0.25) is 0 Å². The maximum absolute atomic E-state index is 5.50. The van der Waals surface area contributed by atoms with E-state index < -0.39 is 0 Å². The molecule has 1 aliphatic carbocycles. The first kappa shape index (κ1) is 23.5. The molecule has 9 rings (SSSR count). The Morgan fingerprint density at radius 3 is 2.38 bits per heavy atom. The van der Waals surface area contributed by atoms with Crippen LogP contribution in [0, 0.1) is 0 Å². The summed E-state index contributed by atoms with van der Waals surface area (Å²) in [5.41, 5.74) is 9.99. The Morgan fingerprint density at radius 1 is 0.714 bits per heavy atom. The van der Waals surface area contributed by atoms with Crippen molar-refractivity contribution in [3.05, 3.63) is 126 Å². The van der Waals surface area contributed by atoms with Crippen molar-refractivity contribution < 1.29 is 0 Å². The number of benzene rings is 5. The Balaban J connectivity index is 1.46. The lowest BCUT2D eigenvalue weighted by Crippen LogP contribution is -2.18. The Labute approximate surface area is 244 Å². The average molecular weight is 541 g/mol. The summed E-state index contributed by atoms with van der Waals surface area (Å²) in [5.74, 6) is 1.68. The molecule has 2 aliphatic rings. The van der Waals surface area contributed by atoms with Gasteiger partial charge in [-0.3, -0.25) is 4.57 Å². The standard InChI is InChI=1S/C38H28N4/c1-38(2)30-18-7-5-16-27(30)33-35(38)40-36(28-17-9-13-23-14-10-20-39-34(23)28)41-37(33)42-31-19-8-6-15-26(31)29-21-24-11-3-4-12-25(24)22-32(29)42/h3-19,21-22,39H,20H2,1-2H3. The van der Waals surface area contributed by atoms with E-state index in [1.165, 1.54) is 32.7 Å². The van der Waals surface area contributed by atoms with Gasteiger partial charge in [0, 0.05) is 33.9 Å². The predicted octanol–water partition coefficient (Wildman–Crippen LogP) is 9.14. The maximum atomic E-state index is 5.50. The van der Waals surface area contributed by atoms with Gasteiger partial charge in [-0.05, 0) is 51.7 Å². The summed E-state index contributed by atoms with van der Waals surface area (Å²) in [6.07, 6.45) is 4.34. The minimum Gasteiger partial charge on any atom is -0.380 e. The fourth-order valence-corrected chi connectivity index (χ4v) is 7.13. The highest BCUT2D eigenvalue weighted by atomic mass is 15.1. The van der Waals surface area contributed by atoms with Gasteiger partial charge in [0.1, 0.15) is 5.82 Å². The molecule has 1 aliphatic heterocycles. The van der Waals surface area contributed by atoms with Crippen molar-refractivity contribution in [1.82, 2.24) is 14.5 Å². The molecule has 42 heavy (non-hydrogen) atoms. The second-order valence-corrected chi connectivity index (χ2v) is 11.9. The van der Waals surface area contributed by atoms with E-state index in [-0.39, 0.29) is 5.41 Å². The smallest absolute Gasteiger partial charge is 0.163 e. The monoisotopic (exact) mass is 540 g/mol. The van der Waals surface area contributed by atoms with Crippen LogP contribution in [-0.4, -0.2) is 21.1 Å². The van der Waals surface area contributed by atoms with Crippen molar-refractivity contribution in [2.24, 2.45) is 0 Å². The van der Waals surface area contributed by atoms with Gasteiger partial charge in [0.2, 0.25) is 0 Å². The minimum absolute atomic E-state index is 0.272. The van der Waals surface area contributed by atoms with Crippen molar-refractivity contribution in [2.45, 2.75) is 19.3 Å². The minimum atomic E-state index is -0.272. The average Bonchev–Trinajstić information content (AvgIpc) is 3.47. The first-order valence-corrected chi connectivity index (χ1v) is 14.6. The molecule has 200 valence electrons. The fraction of sp³-hybridized carbons (Fsp3) is 0.105. The van der Waals surface area contributed by atoms with Gasteiger partial charge >= 0.3 is 0 Å². The molecule has 0 fully saturated rings. The molecule has 0 radical (unpaired) electrons. The lowest BCUT2D eigenvalue weighted by molar-refractivity contribution is 0.635. The van der Waals surface area contributed by atoms with Crippen LogP contribution in [0.1, 0.15) is 30.7 Å². The molecule has 7 aromatic rings. The second-order valence-electron chi connectivity index (χ2n) is 11.9. The summed E-state index contributed by atoms with van der Waals surface area (Å²) in [6.45, 7) is 5.37. The lowest BCUT2D eigenvalue weighted by Gasteiger charge is -2.22. The van der Waals surface area contributed by atoms with E-state index in [0.717, 1.165) is 57.3 Å². The number of nitrogens with zero attached hydrogens (tertiary/aromatic N) is 3. The molecule has 0 unspecified atom stereocenters. The number of para-hydroxylation sites is 2. The zero-order chi connectivity index (χ0) is 28.0. The third-order valence-corrected chi connectivity index (χ3v) is 9.14. The van der Waals surface area contributed by atoms with E-state index in [1.807, 2.05) is 0 Å². The van der Waals surface area contributed by atoms with Crippen molar-refractivity contribution in [3.63, 3.8) is 0 Å². The number of anilines is 1. The Kier molecular flexibility index (Phi) is 4.70. The molecule has 4 heteroatoms. The van der Waals surface area contributed by atoms with Crippen LogP contribution >= 0.6 is 0 Å². The SMILES string of the molecule is CC1(C)c2ccccc2-c2c(-n3c4ccccc4c4cc5ccccc5cc43)nc(-c3cccc4c3NCC=C4)nc21. The highest BCUT2D eigenvalue weighted by Crippen LogP contribution is 2.51. The first-order chi connectivity index (χ1) is 20.6. The molecule has 0 atom stereocenters. The molecule has 0 spiro atoms. The molecule has 0 saturated heterocycles. The maximum Gasteiger partial charge on any atom is 0.163 e. The zero-order valence-corrected chi connectivity index (χ0v) is 23.5. The number of hydrogen-bond donors (Lipinski definition) is 1. The number of hydrogen-bond acceptors (Lipinski definition) is 3. The molecule has 1 N–H and O–H groups in total. The van der Waals surface area contributed by atoms with E-state index >= 15 is 0 Å². The van der Waals surface area contributed by atoms with Crippen LogP contribution in [0.25, 0.3) is 67.0 Å². The third kappa shape index (κ3) is 3.12. The van der Waals surface area contributed by atoms with Crippen LogP contribution in [0.5, 0.6) is 0 Å². The number of fused-ring (bicyclic) bond motifs is 8.